The lowest BCUT2D eigenvalue weighted by Gasteiger charge is -2.33. The number of carbonyl (C=O) groups is 1. The normalized spacial score (nSPS) is 19.1. The maximum Gasteiger partial charge on any atom is 0.410 e. The molecule has 2 atom stereocenters. The minimum atomic E-state index is -3.43. The van der Waals surface area contributed by atoms with Crippen molar-refractivity contribution in [1.82, 2.24) is 19.4 Å². The molecule has 0 saturated carbocycles. The van der Waals surface area contributed by atoms with Gasteiger partial charge in [0.25, 0.3) is 5.56 Å². The summed E-state index contributed by atoms with van der Waals surface area (Å²) in [5, 5.41) is 5.12. The number of aromatic nitrogens is 3. The third-order valence-electron chi connectivity index (χ3n) is 7.33. The fourth-order valence-corrected chi connectivity index (χ4v) is 7.13. The van der Waals surface area contributed by atoms with E-state index >= 15 is 0 Å². The van der Waals surface area contributed by atoms with Gasteiger partial charge in [0.15, 0.2) is 9.84 Å². The van der Waals surface area contributed by atoms with Crippen LogP contribution in [0.2, 0.25) is 5.02 Å². The number of amides is 1. The zero-order valence-electron chi connectivity index (χ0n) is 21.8. The zero-order chi connectivity index (χ0) is 28.2. The summed E-state index contributed by atoms with van der Waals surface area (Å²) in [7, 11) is -3.43. The van der Waals surface area contributed by atoms with Crippen LogP contribution in [0.4, 0.5) is 10.5 Å². The van der Waals surface area contributed by atoms with E-state index in [9.17, 15) is 18.0 Å². The quantitative estimate of drug-likeness (QED) is 0.347. The highest BCUT2D eigenvalue weighted by molar-refractivity contribution is 7.92. The Balaban J connectivity index is 1.43. The van der Waals surface area contributed by atoms with Gasteiger partial charge in [0.2, 0.25) is 0 Å². The fraction of sp³-hybridized carbons (Fsp3) is 0.333. The third-order valence-corrected chi connectivity index (χ3v) is 10.4. The maximum atomic E-state index is 13.8. The van der Waals surface area contributed by atoms with Gasteiger partial charge < -0.3 is 15.0 Å². The summed E-state index contributed by atoms with van der Waals surface area (Å²) >= 11 is 7.10. The highest BCUT2D eigenvalue weighted by atomic mass is 35.5. The fourth-order valence-electron chi connectivity index (χ4n) is 5.24. The molecule has 2 aliphatic rings. The molecule has 13 heteroatoms. The molecule has 4 aromatic rings. The van der Waals surface area contributed by atoms with Crippen LogP contribution in [-0.2, 0) is 21.1 Å². The average molecular weight is 600 g/mol. The summed E-state index contributed by atoms with van der Waals surface area (Å²) < 4.78 is 31.3. The second-order valence-corrected chi connectivity index (χ2v) is 13.8. The monoisotopic (exact) mass is 599 g/mol. The van der Waals surface area contributed by atoms with Gasteiger partial charge in [0.1, 0.15) is 21.6 Å². The summed E-state index contributed by atoms with van der Waals surface area (Å²) in [6.07, 6.45) is 3.60. The standard InChI is InChI=1S/C27H26ClN5O5S2/c1-15-30-23-10-20(25-29-12-24(39-25)40(2,36)37)22(31-18-7-8-32-19(9-18)14-38-27(32)35)11-21(23)26(34)33(15)13-16-3-5-17(28)6-4-16/h3-6,10-12,18-19,31H,7-9,13-14H2,1-2H3/t18-,19-/m0/s1. The molecule has 4 heterocycles. The molecule has 6 rings (SSSR count). The molecule has 0 bridgehead atoms. The summed E-state index contributed by atoms with van der Waals surface area (Å²) in [4.78, 5) is 36.6. The zero-order valence-corrected chi connectivity index (χ0v) is 24.1. The van der Waals surface area contributed by atoms with E-state index in [0.717, 1.165) is 23.2 Å². The number of piperidine rings is 1. The maximum absolute atomic E-state index is 13.8. The molecule has 0 unspecified atom stereocenters. The summed E-state index contributed by atoms with van der Waals surface area (Å²) in [6.45, 7) is 3.04. The topological polar surface area (TPSA) is 123 Å². The first-order chi connectivity index (χ1) is 19.1. The highest BCUT2D eigenvalue weighted by Gasteiger charge is 2.38. The van der Waals surface area contributed by atoms with Crippen LogP contribution >= 0.6 is 22.9 Å². The van der Waals surface area contributed by atoms with Crippen molar-refractivity contribution in [2.45, 2.75) is 42.6 Å². The third kappa shape index (κ3) is 5.06. The van der Waals surface area contributed by atoms with Crippen LogP contribution in [0.25, 0.3) is 21.5 Å². The van der Waals surface area contributed by atoms with Crippen molar-refractivity contribution in [2.75, 3.05) is 24.7 Å². The molecule has 2 aliphatic heterocycles. The number of halogens is 1. The SMILES string of the molecule is Cc1nc2cc(-c3ncc(S(C)(=O)=O)s3)c(N[C@H]3CCN4C(=O)OC[C@@H]4C3)cc2c(=O)n1Cc1ccc(Cl)cc1. The number of hydrogen-bond donors (Lipinski definition) is 1. The summed E-state index contributed by atoms with van der Waals surface area (Å²) in [5.41, 5.74) is 2.55. The molecule has 2 aromatic heterocycles. The van der Waals surface area contributed by atoms with Gasteiger partial charge in [-0.25, -0.2) is 23.2 Å². The summed E-state index contributed by atoms with van der Waals surface area (Å²) in [6, 6.07) is 10.9. The van der Waals surface area contributed by atoms with Gasteiger partial charge in [0.05, 0.1) is 29.7 Å². The number of cyclic esters (lactones) is 1. The Kier molecular flexibility index (Phi) is 6.79. The number of carbonyl (C=O) groups excluding carboxylic acids is 1. The van der Waals surface area contributed by atoms with Crippen LogP contribution in [0, 0.1) is 6.92 Å². The molecule has 1 amide bonds. The van der Waals surface area contributed by atoms with E-state index in [-0.39, 0.29) is 27.9 Å². The molecule has 1 N–H and O–H groups in total. The van der Waals surface area contributed by atoms with E-state index in [1.54, 1.807) is 40.7 Å². The van der Waals surface area contributed by atoms with E-state index in [1.807, 2.05) is 12.1 Å². The van der Waals surface area contributed by atoms with Gasteiger partial charge in [-0.2, -0.15) is 0 Å². The van der Waals surface area contributed by atoms with Crippen LogP contribution in [-0.4, -0.2) is 65.4 Å². The number of ether oxygens (including phenoxy) is 1. The molecular formula is C27H26ClN5O5S2. The average Bonchev–Trinajstić information content (AvgIpc) is 3.55. The Labute approximate surface area is 239 Å². The van der Waals surface area contributed by atoms with Crippen molar-refractivity contribution in [1.29, 1.82) is 0 Å². The Morgan fingerprint density at radius 2 is 1.98 bits per heavy atom. The van der Waals surface area contributed by atoms with Gasteiger partial charge >= 0.3 is 6.09 Å². The molecule has 2 aromatic carbocycles. The van der Waals surface area contributed by atoms with E-state index in [0.29, 0.717) is 70.5 Å². The largest absolute Gasteiger partial charge is 0.447 e. The van der Waals surface area contributed by atoms with Gasteiger partial charge in [-0.15, -0.1) is 11.3 Å². The number of nitrogens with zero attached hydrogens (tertiary/aromatic N) is 4. The number of sulfone groups is 1. The minimum absolute atomic E-state index is 0.0102. The number of fused-ring (bicyclic) bond motifs is 2. The second-order valence-electron chi connectivity index (χ2n) is 10.1. The molecule has 0 radical (unpaired) electrons. The first-order valence-corrected chi connectivity index (χ1v) is 15.8. The van der Waals surface area contributed by atoms with E-state index in [1.165, 1.54) is 6.20 Å². The van der Waals surface area contributed by atoms with Crippen LogP contribution in [0.15, 0.2) is 51.6 Å². The smallest absolute Gasteiger partial charge is 0.410 e. The second kappa shape index (κ2) is 10.2. The number of nitrogens with one attached hydrogen (secondary N) is 1. The van der Waals surface area contributed by atoms with Crippen LogP contribution in [0.3, 0.4) is 0 Å². The predicted octanol–water partition coefficient (Wildman–Crippen LogP) is 4.33. The molecular weight excluding hydrogens is 574 g/mol. The molecule has 2 fully saturated rings. The molecule has 0 aliphatic carbocycles. The van der Waals surface area contributed by atoms with Crippen LogP contribution in [0.1, 0.15) is 24.2 Å². The Bertz CT molecular complexity index is 1800. The number of benzene rings is 2. The van der Waals surface area contributed by atoms with Gasteiger partial charge in [-0.1, -0.05) is 23.7 Å². The minimum Gasteiger partial charge on any atom is -0.447 e. The highest BCUT2D eigenvalue weighted by Crippen LogP contribution is 2.37. The van der Waals surface area contributed by atoms with Crippen molar-refractivity contribution < 1.29 is 17.9 Å². The van der Waals surface area contributed by atoms with Crippen LogP contribution < -0.4 is 10.9 Å². The lowest BCUT2D eigenvalue weighted by Crippen LogP contribution is -2.45. The van der Waals surface area contributed by atoms with Crippen molar-refractivity contribution in [3.8, 4) is 10.6 Å². The van der Waals surface area contributed by atoms with E-state index in [2.05, 4.69) is 10.3 Å². The molecule has 0 spiro atoms. The van der Waals surface area contributed by atoms with Crippen LogP contribution in [0.5, 0.6) is 0 Å². The molecule has 10 nitrogen and oxygen atoms in total. The van der Waals surface area contributed by atoms with Crippen molar-refractivity contribution in [3.05, 3.63) is 69.4 Å². The first-order valence-electron chi connectivity index (χ1n) is 12.7. The molecule has 208 valence electrons. The van der Waals surface area contributed by atoms with E-state index < -0.39 is 9.84 Å². The van der Waals surface area contributed by atoms with Crippen molar-refractivity contribution in [2.24, 2.45) is 0 Å². The van der Waals surface area contributed by atoms with E-state index in [4.69, 9.17) is 21.3 Å². The molecule has 40 heavy (non-hydrogen) atoms. The number of thiazole rings is 1. The Morgan fingerprint density at radius 1 is 1.20 bits per heavy atom. The number of anilines is 1. The number of rotatable bonds is 6. The van der Waals surface area contributed by atoms with Gasteiger partial charge in [-0.05, 0) is 49.6 Å². The van der Waals surface area contributed by atoms with Crippen molar-refractivity contribution >= 4 is 55.5 Å². The van der Waals surface area contributed by atoms with Gasteiger partial charge in [-0.3, -0.25) is 9.36 Å². The van der Waals surface area contributed by atoms with Gasteiger partial charge in [0, 0.05) is 35.1 Å². The lowest BCUT2D eigenvalue weighted by molar-refractivity contribution is 0.153. The Hall–Kier alpha value is -3.48. The summed E-state index contributed by atoms with van der Waals surface area (Å²) in [5.74, 6) is 0.549. The molecule has 2 saturated heterocycles. The predicted molar refractivity (Wildman–Crippen MR) is 154 cm³/mol. The first kappa shape index (κ1) is 26.7. The van der Waals surface area contributed by atoms with Crippen molar-refractivity contribution in [3.63, 3.8) is 0 Å². The number of hydrogen-bond acceptors (Lipinski definition) is 9. The lowest BCUT2D eigenvalue weighted by atomic mass is 9.97. The Morgan fingerprint density at radius 3 is 2.70 bits per heavy atom. The number of aryl methyl sites for hydroxylation is 1.